The lowest BCUT2D eigenvalue weighted by Crippen LogP contribution is -2.25. The Morgan fingerprint density at radius 2 is 0.931 bits per heavy atom. The Hall–Kier alpha value is -2.36. The first-order chi connectivity index (χ1) is 14.0. The molecule has 0 heterocycles. The second-order valence-corrected chi connectivity index (χ2v) is 7.92. The fraction of sp³-hybridized carbons (Fsp3) is 0.520. The summed E-state index contributed by atoms with van der Waals surface area (Å²) < 4.78 is 0. The van der Waals surface area contributed by atoms with Gasteiger partial charge in [0, 0.05) is 55.3 Å². The topological polar surface area (TPSA) is 58.5 Å². The molecule has 0 fully saturated rings. The van der Waals surface area contributed by atoms with Crippen molar-refractivity contribution in [3.05, 3.63) is 47.5 Å². The highest BCUT2D eigenvalue weighted by atomic mass is 15.1. The van der Waals surface area contributed by atoms with Crippen molar-refractivity contribution in [2.45, 2.75) is 59.8 Å². The zero-order valence-corrected chi connectivity index (χ0v) is 18.9. The molecule has 0 atom stereocenters. The summed E-state index contributed by atoms with van der Waals surface area (Å²) in [5.74, 6) is 0. The number of nitrogen functional groups attached to an aromatic ring is 2. The van der Waals surface area contributed by atoms with Crippen molar-refractivity contribution < 1.29 is 0 Å². The maximum absolute atomic E-state index is 6.43. The number of benzene rings is 2. The summed E-state index contributed by atoms with van der Waals surface area (Å²) >= 11 is 0. The predicted molar refractivity (Wildman–Crippen MR) is 130 cm³/mol. The summed E-state index contributed by atoms with van der Waals surface area (Å²) in [4.78, 5) is 4.83. The molecule has 2 rings (SSSR count). The fourth-order valence-corrected chi connectivity index (χ4v) is 3.90. The van der Waals surface area contributed by atoms with Crippen molar-refractivity contribution in [1.82, 2.24) is 0 Å². The molecule has 0 unspecified atom stereocenters. The highest BCUT2D eigenvalue weighted by molar-refractivity contribution is 5.64. The molecule has 4 heteroatoms. The van der Waals surface area contributed by atoms with Gasteiger partial charge in [-0.1, -0.05) is 39.8 Å². The molecule has 4 N–H and O–H groups in total. The number of anilines is 4. The minimum Gasteiger partial charge on any atom is -0.398 e. The first-order valence-electron chi connectivity index (χ1n) is 11.3. The van der Waals surface area contributed by atoms with Crippen LogP contribution in [0.1, 0.15) is 64.5 Å². The van der Waals surface area contributed by atoms with Crippen LogP contribution in [0.3, 0.4) is 0 Å². The van der Waals surface area contributed by atoms with Crippen LogP contribution in [0.15, 0.2) is 36.4 Å². The third kappa shape index (κ3) is 6.31. The van der Waals surface area contributed by atoms with E-state index in [0.29, 0.717) is 0 Å². The van der Waals surface area contributed by atoms with Gasteiger partial charge in [0.25, 0.3) is 0 Å². The summed E-state index contributed by atoms with van der Waals surface area (Å²) in [5, 5.41) is 0. The van der Waals surface area contributed by atoms with Gasteiger partial charge in [-0.3, -0.25) is 0 Å². The standard InChI is InChI=1S/C25H40N4/c1-5-13-28(14-6-2)22-11-9-20(24(26)18-22)17-21-10-12-23(19-25(21)27)29(15-7-3)16-8-4/h9-12,18-19H,5-8,13-17,26-27H2,1-4H3. The highest BCUT2D eigenvalue weighted by Crippen LogP contribution is 2.28. The molecule has 0 aliphatic carbocycles. The van der Waals surface area contributed by atoms with Crippen molar-refractivity contribution in [3.8, 4) is 0 Å². The van der Waals surface area contributed by atoms with Crippen molar-refractivity contribution in [2.75, 3.05) is 47.4 Å². The van der Waals surface area contributed by atoms with Gasteiger partial charge >= 0.3 is 0 Å². The Bertz CT molecular complexity index is 681. The molecule has 4 nitrogen and oxygen atoms in total. The van der Waals surface area contributed by atoms with Crippen molar-refractivity contribution in [1.29, 1.82) is 0 Å². The van der Waals surface area contributed by atoms with Crippen molar-refractivity contribution in [2.24, 2.45) is 0 Å². The third-order valence-corrected chi connectivity index (χ3v) is 5.34. The number of hydrogen-bond donors (Lipinski definition) is 2. The second-order valence-electron chi connectivity index (χ2n) is 7.92. The predicted octanol–water partition coefficient (Wildman–Crippen LogP) is 5.69. The van der Waals surface area contributed by atoms with Crippen LogP contribution in [0.4, 0.5) is 22.7 Å². The molecular formula is C25H40N4. The molecule has 0 amide bonds. The molecule has 0 spiro atoms. The minimum absolute atomic E-state index is 0.765. The zero-order chi connectivity index (χ0) is 21.2. The number of rotatable bonds is 12. The Labute approximate surface area is 177 Å². The van der Waals surface area contributed by atoms with Crippen LogP contribution in [0.2, 0.25) is 0 Å². The van der Waals surface area contributed by atoms with E-state index in [2.05, 4.69) is 73.9 Å². The molecule has 0 radical (unpaired) electrons. The molecule has 0 aromatic heterocycles. The number of hydrogen-bond acceptors (Lipinski definition) is 4. The first kappa shape index (κ1) is 22.9. The molecule has 0 aliphatic heterocycles. The number of nitrogens with zero attached hydrogens (tertiary/aromatic N) is 2. The average molecular weight is 397 g/mol. The molecule has 160 valence electrons. The van der Waals surface area contributed by atoms with Crippen LogP contribution in [0, 0.1) is 0 Å². The van der Waals surface area contributed by atoms with Crippen LogP contribution < -0.4 is 21.3 Å². The molecule has 2 aromatic rings. The van der Waals surface area contributed by atoms with Crippen molar-refractivity contribution in [3.63, 3.8) is 0 Å². The van der Waals surface area contributed by atoms with E-state index in [9.17, 15) is 0 Å². The van der Waals surface area contributed by atoms with Crippen LogP contribution in [0.25, 0.3) is 0 Å². The van der Waals surface area contributed by atoms with E-state index in [-0.39, 0.29) is 0 Å². The quantitative estimate of drug-likeness (QED) is 0.452. The van der Waals surface area contributed by atoms with E-state index in [0.717, 1.165) is 80.8 Å². The van der Waals surface area contributed by atoms with Gasteiger partial charge in [-0.05, 0) is 61.1 Å². The summed E-state index contributed by atoms with van der Waals surface area (Å²) in [5.41, 5.74) is 19.3. The summed E-state index contributed by atoms with van der Waals surface area (Å²) in [7, 11) is 0. The molecule has 0 saturated heterocycles. The Balaban J connectivity index is 2.18. The summed E-state index contributed by atoms with van der Waals surface area (Å²) in [6, 6.07) is 13.0. The normalized spacial score (nSPS) is 10.9. The molecule has 0 saturated carbocycles. The van der Waals surface area contributed by atoms with Gasteiger partial charge in [0.05, 0.1) is 0 Å². The van der Waals surface area contributed by atoms with Crippen LogP contribution in [-0.2, 0) is 6.42 Å². The molecule has 0 aliphatic rings. The van der Waals surface area contributed by atoms with Gasteiger partial charge in [-0.2, -0.15) is 0 Å². The maximum Gasteiger partial charge on any atom is 0.0387 e. The Morgan fingerprint density at radius 3 is 1.21 bits per heavy atom. The van der Waals surface area contributed by atoms with Gasteiger partial charge in [0.1, 0.15) is 0 Å². The van der Waals surface area contributed by atoms with Gasteiger partial charge in [-0.15, -0.1) is 0 Å². The lowest BCUT2D eigenvalue weighted by Gasteiger charge is -2.25. The molecular weight excluding hydrogens is 356 g/mol. The lowest BCUT2D eigenvalue weighted by molar-refractivity contribution is 0.745. The Kier molecular flexibility index (Phi) is 9.17. The van der Waals surface area contributed by atoms with E-state index < -0.39 is 0 Å². The van der Waals surface area contributed by atoms with Gasteiger partial charge in [-0.25, -0.2) is 0 Å². The third-order valence-electron chi connectivity index (χ3n) is 5.34. The molecule has 0 bridgehead atoms. The maximum atomic E-state index is 6.43. The first-order valence-corrected chi connectivity index (χ1v) is 11.3. The van der Waals surface area contributed by atoms with E-state index in [1.165, 1.54) is 11.4 Å². The fourth-order valence-electron chi connectivity index (χ4n) is 3.90. The van der Waals surface area contributed by atoms with Gasteiger partial charge in [0.15, 0.2) is 0 Å². The minimum atomic E-state index is 0.765. The SMILES string of the molecule is CCCN(CCC)c1ccc(Cc2ccc(N(CCC)CCC)cc2N)c(N)c1. The van der Waals surface area contributed by atoms with Gasteiger partial charge in [0.2, 0.25) is 0 Å². The largest absolute Gasteiger partial charge is 0.398 e. The van der Waals surface area contributed by atoms with Gasteiger partial charge < -0.3 is 21.3 Å². The Morgan fingerprint density at radius 1 is 0.586 bits per heavy atom. The average Bonchev–Trinajstić information content (AvgIpc) is 2.70. The molecule has 29 heavy (non-hydrogen) atoms. The number of nitrogens with two attached hydrogens (primary N) is 2. The van der Waals surface area contributed by atoms with E-state index in [1.807, 2.05) is 0 Å². The lowest BCUT2D eigenvalue weighted by atomic mass is 10.0. The monoisotopic (exact) mass is 396 g/mol. The summed E-state index contributed by atoms with van der Waals surface area (Å²) in [6.07, 6.45) is 5.31. The highest BCUT2D eigenvalue weighted by Gasteiger charge is 2.11. The van der Waals surface area contributed by atoms with Crippen LogP contribution in [-0.4, -0.2) is 26.2 Å². The zero-order valence-electron chi connectivity index (χ0n) is 18.9. The summed E-state index contributed by atoms with van der Waals surface area (Å²) in [6.45, 7) is 13.1. The van der Waals surface area contributed by atoms with E-state index in [1.54, 1.807) is 0 Å². The van der Waals surface area contributed by atoms with Crippen molar-refractivity contribution >= 4 is 22.7 Å². The van der Waals surface area contributed by atoms with Crippen LogP contribution in [0.5, 0.6) is 0 Å². The second kappa shape index (κ2) is 11.6. The smallest absolute Gasteiger partial charge is 0.0387 e. The molecule has 2 aromatic carbocycles. The van der Waals surface area contributed by atoms with E-state index >= 15 is 0 Å². The van der Waals surface area contributed by atoms with E-state index in [4.69, 9.17) is 11.5 Å². The van der Waals surface area contributed by atoms with Crippen LogP contribution >= 0.6 is 0 Å².